The molecule has 0 aliphatic heterocycles. The molecule has 80 valence electrons. The van der Waals surface area contributed by atoms with E-state index in [0.717, 1.165) is 16.8 Å². The molecule has 3 aromatic heterocycles. The van der Waals surface area contributed by atoms with Crippen molar-refractivity contribution in [1.29, 1.82) is 0 Å². The first-order chi connectivity index (χ1) is 7.72. The van der Waals surface area contributed by atoms with E-state index in [1.165, 1.54) is 0 Å². The van der Waals surface area contributed by atoms with Crippen LogP contribution in [-0.4, -0.2) is 24.4 Å². The zero-order valence-corrected chi connectivity index (χ0v) is 8.70. The minimum absolute atomic E-state index is 0.491. The summed E-state index contributed by atoms with van der Waals surface area (Å²) in [7, 11) is 1.87. The third kappa shape index (κ3) is 1.31. The highest BCUT2D eigenvalue weighted by atomic mass is 15.3. The van der Waals surface area contributed by atoms with Crippen LogP contribution in [0.4, 0.5) is 5.82 Å². The Kier molecular flexibility index (Phi) is 1.70. The molecule has 0 amide bonds. The second-order valence-corrected chi connectivity index (χ2v) is 3.61. The lowest BCUT2D eigenvalue weighted by molar-refractivity contribution is 0.768. The van der Waals surface area contributed by atoms with Crippen molar-refractivity contribution in [1.82, 2.24) is 24.4 Å². The summed E-state index contributed by atoms with van der Waals surface area (Å²) < 4.78 is 3.45. The molecule has 16 heavy (non-hydrogen) atoms. The van der Waals surface area contributed by atoms with Crippen LogP contribution in [0.3, 0.4) is 0 Å². The van der Waals surface area contributed by atoms with Gasteiger partial charge in [0.2, 0.25) is 0 Å². The van der Waals surface area contributed by atoms with Gasteiger partial charge in [-0.15, -0.1) is 0 Å². The van der Waals surface area contributed by atoms with Gasteiger partial charge in [-0.25, -0.2) is 4.52 Å². The summed E-state index contributed by atoms with van der Waals surface area (Å²) in [5, 5.41) is 8.23. The van der Waals surface area contributed by atoms with E-state index < -0.39 is 0 Å². The SMILES string of the molecule is Cn1cc(-c2cn3nc(N)cc3cn2)cn1. The maximum absolute atomic E-state index is 5.61. The molecular formula is C10H10N6. The van der Waals surface area contributed by atoms with Crippen molar-refractivity contribution < 1.29 is 0 Å². The van der Waals surface area contributed by atoms with Gasteiger partial charge in [-0.05, 0) is 0 Å². The molecule has 0 aliphatic rings. The van der Waals surface area contributed by atoms with Gasteiger partial charge in [0.05, 0.1) is 29.8 Å². The van der Waals surface area contributed by atoms with Gasteiger partial charge in [0.15, 0.2) is 0 Å². The average molecular weight is 214 g/mol. The number of anilines is 1. The number of aromatic nitrogens is 5. The second-order valence-electron chi connectivity index (χ2n) is 3.61. The fourth-order valence-corrected chi connectivity index (χ4v) is 1.62. The van der Waals surface area contributed by atoms with Crippen molar-refractivity contribution in [3.8, 4) is 11.3 Å². The Balaban J connectivity index is 2.17. The van der Waals surface area contributed by atoms with Crippen molar-refractivity contribution in [2.45, 2.75) is 0 Å². The fraction of sp³-hybridized carbons (Fsp3) is 0.100. The normalized spacial score (nSPS) is 11.1. The van der Waals surface area contributed by atoms with E-state index >= 15 is 0 Å². The van der Waals surface area contributed by atoms with Crippen molar-refractivity contribution >= 4 is 11.3 Å². The zero-order chi connectivity index (χ0) is 11.1. The number of nitrogens with two attached hydrogens (primary N) is 1. The molecule has 6 heteroatoms. The second kappa shape index (κ2) is 3.06. The summed E-state index contributed by atoms with van der Waals surface area (Å²) in [6.45, 7) is 0. The van der Waals surface area contributed by atoms with Crippen LogP contribution in [0.15, 0.2) is 30.9 Å². The average Bonchev–Trinajstić information content (AvgIpc) is 2.81. The third-order valence-electron chi connectivity index (χ3n) is 2.36. The lowest BCUT2D eigenvalue weighted by Crippen LogP contribution is -1.92. The number of nitrogen functional groups attached to an aromatic ring is 1. The van der Waals surface area contributed by atoms with E-state index in [9.17, 15) is 0 Å². The molecule has 3 aromatic rings. The van der Waals surface area contributed by atoms with Gasteiger partial charge in [0, 0.05) is 24.9 Å². The zero-order valence-electron chi connectivity index (χ0n) is 8.70. The molecule has 0 bridgehead atoms. The first-order valence-electron chi connectivity index (χ1n) is 4.82. The van der Waals surface area contributed by atoms with E-state index in [-0.39, 0.29) is 0 Å². The number of nitrogens with zero attached hydrogens (tertiary/aromatic N) is 5. The van der Waals surface area contributed by atoms with Gasteiger partial charge in [0.25, 0.3) is 0 Å². The van der Waals surface area contributed by atoms with E-state index in [1.54, 1.807) is 27.7 Å². The molecule has 0 spiro atoms. The predicted octanol–water partition coefficient (Wildman–Crippen LogP) is 0.712. The summed E-state index contributed by atoms with van der Waals surface area (Å²) in [6.07, 6.45) is 7.25. The van der Waals surface area contributed by atoms with Crippen molar-refractivity contribution in [3.63, 3.8) is 0 Å². The molecule has 0 atom stereocenters. The maximum atomic E-state index is 5.61. The predicted molar refractivity (Wildman–Crippen MR) is 59.6 cm³/mol. The molecule has 3 rings (SSSR count). The van der Waals surface area contributed by atoms with Crippen LogP contribution in [-0.2, 0) is 7.05 Å². The van der Waals surface area contributed by atoms with E-state index in [0.29, 0.717) is 5.82 Å². The Labute approximate surface area is 91.3 Å². The van der Waals surface area contributed by atoms with Crippen molar-refractivity contribution in [2.75, 3.05) is 5.73 Å². The van der Waals surface area contributed by atoms with E-state index in [4.69, 9.17) is 5.73 Å². The van der Waals surface area contributed by atoms with Gasteiger partial charge in [-0.1, -0.05) is 0 Å². The minimum Gasteiger partial charge on any atom is -0.382 e. The molecule has 0 fully saturated rings. The molecule has 2 N–H and O–H groups in total. The molecule has 0 saturated carbocycles. The fourth-order valence-electron chi connectivity index (χ4n) is 1.62. The monoisotopic (exact) mass is 214 g/mol. The van der Waals surface area contributed by atoms with Crippen LogP contribution in [0.25, 0.3) is 16.8 Å². The number of rotatable bonds is 1. The highest BCUT2D eigenvalue weighted by Crippen LogP contribution is 2.16. The molecule has 0 radical (unpaired) electrons. The first-order valence-corrected chi connectivity index (χ1v) is 4.82. The molecular weight excluding hydrogens is 204 g/mol. The summed E-state index contributed by atoms with van der Waals surface area (Å²) in [5.41, 5.74) is 8.27. The van der Waals surface area contributed by atoms with E-state index in [2.05, 4.69) is 15.2 Å². The Morgan fingerprint density at radius 1 is 1.25 bits per heavy atom. The number of hydrogen-bond acceptors (Lipinski definition) is 4. The Bertz CT molecular complexity index is 650. The van der Waals surface area contributed by atoms with Gasteiger partial charge < -0.3 is 5.73 Å². The summed E-state index contributed by atoms with van der Waals surface area (Å²) >= 11 is 0. The molecule has 6 nitrogen and oxygen atoms in total. The van der Waals surface area contributed by atoms with Crippen LogP contribution in [0.5, 0.6) is 0 Å². The Morgan fingerprint density at radius 2 is 2.12 bits per heavy atom. The van der Waals surface area contributed by atoms with Crippen molar-refractivity contribution in [2.24, 2.45) is 7.05 Å². The highest BCUT2D eigenvalue weighted by molar-refractivity contribution is 5.60. The Morgan fingerprint density at radius 3 is 2.88 bits per heavy atom. The van der Waals surface area contributed by atoms with Gasteiger partial charge in [-0.2, -0.15) is 10.2 Å². The van der Waals surface area contributed by atoms with Gasteiger partial charge in [0.1, 0.15) is 5.82 Å². The van der Waals surface area contributed by atoms with Crippen LogP contribution in [0, 0.1) is 0 Å². The molecule has 0 aromatic carbocycles. The maximum Gasteiger partial charge on any atom is 0.146 e. The standard InChI is InChI=1S/C10H10N6/c1-15-5-7(3-13-15)9-6-16-8(4-12-9)2-10(11)14-16/h2-6H,1H3,(H2,11,14). The van der Waals surface area contributed by atoms with Crippen LogP contribution >= 0.6 is 0 Å². The first kappa shape index (κ1) is 8.90. The largest absolute Gasteiger partial charge is 0.382 e. The smallest absolute Gasteiger partial charge is 0.146 e. The van der Waals surface area contributed by atoms with Crippen LogP contribution in [0.1, 0.15) is 0 Å². The van der Waals surface area contributed by atoms with Crippen LogP contribution < -0.4 is 5.73 Å². The molecule has 0 unspecified atom stereocenters. The summed E-state index contributed by atoms with van der Waals surface area (Å²) in [5.74, 6) is 0.491. The summed E-state index contributed by atoms with van der Waals surface area (Å²) in [4.78, 5) is 4.33. The number of hydrogen-bond donors (Lipinski definition) is 1. The number of aryl methyl sites for hydroxylation is 1. The minimum atomic E-state index is 0.491. The molecule has 0 saturated heterocycles. The summed E-state index contributed by atoms with van der Waals surface area (Å²) in [6, 6.07) is 1.78. The highest BCUT2D eigenvalue weighted by Gasteiger charge is 2.04. The van der Waals surface area contributed by atoms with Crippen LogP contribution in [0.2, 0.25) is 0 Å². The number of fused-ring (bicyclic) bond motifs is 1. The molecule has 0 aliphatic carbocycles. The van der Waals surface area contributed by atoms with Crippen molar-refractivity contribution in [3.05, 3.63) is 30.9 Å². The Hall–Kier alpha value is -2.37. The molecule has 3 heterocycles. The topological polar surface area (TPSA) is 74.0 Å². The van der Waals surface area contributed by atoms with E-state index in [1.807, 2.05) is 19.4 Å². The third-order valence-corrected chi connectivity index (χ3v) is 2.36. The van der Waals surface area contributed by atoms with Gasteiger partial charge >= 0.3 is 0 Å². The van der Waals surface area contributed by atoms with Gasteiger partial charge in [-0.3, -0.25) is 9.67 Å². The quantitative estimate of drug-likeness (QED) is 0.647. The lowest BCUT2D eigenvalue weighted by Gasteiger charge is -1.97. The lowest BCUT2D eigenvalue weighted by atomic mass is 10.3.